The Morgan fingerprint density at radius 1 is 1.38 bits per heavy atom. The van der Waals surface area contributed by atoms with E-state index in [1.54, 1.807) is 0 Å². The van der Waals surface area contributed by atoms with E-state index in [0.29, 0.717) is 11.9 Å². The van der Waals surface area contributed by atoms with Crippen LogP contribution in [0.15, 0.2) is 34.2 Å². The molecular weight excluding hydrogens is 452 g/mol. The van der Waals surface area contributed by atoms with E-state index < -0.39 is 28.8 Å². The van der Waals surface area contributed by atoms with Crippen LogP contribution in [0.5, 0.6) is 0 Å². The fourth-order valence-electron chi connectivity index (χ4n) is 2.26. The number of benzene rings is 1. The van der Waals surface area contributed by atoms with Gasteiger partial charge in [0.1, 0.15) is 11.6 Å². The number of thioether (sulfide) groups is 1. The molecule has 0 amide bonds. The maximum Gasteiger partial charge on any atom is 0.418 e. The molecule has 0 saturated heterocycles. The van der Waals surface area contributed by atoms with Gasteiger partial charge in [-0.2, -0.15) is 34.7 Å². The van der Waals surface area contributed by atoms with Crippen LogP contribution in [0.25, 0.3) is 11.8 Å². The predicted molar refractivity (Wildman–Crippen MR) is 108 cm³/mol. The van der Waals surface area contributed by atoms with Gasteiger partial charge >= 0.3 is 12.1 Å². The Hall–Kier alpha value is -1.97. The lowest BCUT2D eigenvalue weighted by Gasteiger charge is -2.12. The second kappa shape index (κ2) is 9.69. The number of ether oxygens (including phenoxy) is 1. The minimum absolute atomic E-state index is 0.155. The van der Waals surface area contributed by atoms with Gasteiger partial charge in [0.2, 0.25) is 0 Å². The molecule has 2 rings (SSSR count). The van der Waals surface area contributed by atoms with Crippen LogP contribution >= 0.6 is 35.0 Å². The Morgan fingerprint density at radius 2 is 2.07 bits per heavy atom. The van der Waals surface area contributed by atoms with Crippen molar-refractivity contribution in [3.63, 3.8) is 0 Å². The molecule has 2 aromatic rings. The van der Waals surface area contributed by atoms with Gasteiger partial charge in [-0.3, -0.25) is 4.79 Å². The summed E-state index contributed by atoms with van der Waals surface area (Å²) < 4.78 is 44.6. The van der Waals surface area contributed by atoms with Gasteiger partial charge in [0, 0.05) is 16.3 Å². The molecule has 0 fully saturated rings. The van der Waals surface area contributed by atoms with Crippen LogP contribution in [-0.4, -0.2) is 34.4 Å². The maximum atomic E-state index is 12.9. The third kappa shape index (κ3) is 5.77. The van der Waals surface area contributed by atoms with Crippen molar-refractivity contribution in [2.24, 2.45) is 0 Å². The summed E-state index contributed by atoms with van der Waals surface area (Å²) in [5.41, 5.74) is -2.11. The molecule has 29 heavy (non-hydrogen) atoms. The van der Waals surface area contributed by atoms with E-state index in [2.05, 4.69) is 5.10 Å². The second-order valence-corrected chi connectivity index (χ2v) is 7.52. The number of carbonyl (C=O) groups is 1. The molecule has 0 spiro atoms. The molecule has 0 unspecified atom stereocenters. The molecule has 0 atom stereocenters. The molecule has 0 bridgehead atoms. The normalized spacial score (nSPS) is 12.2. The number of nitrogens with zero attached hydrogens (tertiary/aromatic N) is 2. The zero-order valence-electron chi connectivity index (χ0n) is 15.2. The largest absolute Gasteiger partial charge is 0.461 e. The standard InChI is InChI=1S/C18H15Cl2F3N2O3S/c1-10-13(18(21,22)23)9-24-25(16(10)26)12-3-4-14(19)11(7-12)8-15(20)17(27)28-5-6-29-2/h3-4,7-9H,5-6H2,1-2H3/b15-8-. The van der Waals surface area contributed by atoms with Gasteiger partial charge in [-0.15, -0.1) is 0 Å². The molecule has 0 aliphatic rings. The summed E-state index contributed by atoms with van der Waals surface area (Å²) >= 11 is 13.6. The molecule has 156 valence electrons. The lowest BCUT2D eigenvalue weighted by molar-refractivity contribution is -0.139. The zero-order valence-corrected chi connectivity index (χ0v) is 17.5. The summed E-state index contributed by atoms with van der Waals surface area (Å²) in [6, 6.07) is 4.19. The number of alkyl halides is 3. The van der Waals surface area contributed by atoms with Gasteiger partial charge in [0.25, 0.3) is 5.56 Å². The summed E-state index contributed by atoms with van der Waals surface area (Å²) in [6.07, 6.45) is -1.00. The minimum atomic E-state index is -4.69. The Labute approximate surface area is 178 Å². The first-order valence-corrected chi connectivity index (χ1v) is 10.2. The van der Waals surface area contributed by atoms with Crippen LogP contribution in [0.2, 0.25) is 5.02 Å². The molecule has 5 nitrogen and oxygen atoms in total. The van der Waals surface area contributed by atoms with Gasteiger partial charge in [-0.05, 0) is 43.0 Å². The van der Waals surface area contributed by atoms with Crippen molar-refractivity contribution in [2.45, 2.75) is 13.1 Å². The van der Waals surface area contributed by atoms with E-state index in [4.69, 9.17) is 27.9 Å². The maximum absolute atomic E-state index is 12.9. The number of hydrogen-bond donors (Lipinski definition) is 0. The Balaban J connectivity index is 2.41. The van der Waals surface area contributed by atoms with Crippen LogP contribution in [0.1, 0.15) is 16.7 Å². The summed E-state index contributed by atoms with van der Waals surface area (Å²) in [7, 11) is 0. The van der Waals surface area contributed by atoms with Crippen molar-refractivity contribution in [2.75, 3.05) is 18.6 Å². The molecule has 0 saturated carbocycles. The summed E-state index contributed by atoms with van der Waals surface area (Å²) in [5.74, 6) is -0.142. The fourth-order valence-corrected chi connectivity index (χ4v) is 2.86. The van der Waals surface area contributed by atoms with Gasteiger partial charge < -0.3 is 4.74 Å². The predicted octanol–water partition coefficient (Wildman–Crippen LogP) is 4.70. The van der Waals surface area contributed by atoms with Gasteiger partial charge in [-0.1, -0.05) is 23.2 Å². The summed E-state index contributed by atoms with van der Waals surface area (Å²) in [4.78, 5) is 24.2. The number of aromatic nitrogens is 2. The van der Waals surface area contributed by atoms with Crippen LogP contribution < -0.4 is 5.56 Å². The van der Waals surface area contributed by atoms with Crippen LogP contribution in [0, 0.1) is 6.92 Å². The highest BCUT2D eigenvalue weighted by Gasteiger charge is 2.34. The van der Waals surface area contributed by atoms with Crippen molar-refractivity contribution in [3.05, 3.63) is 61.5 Å². The zero-order chi connectivity index (χ0) is 21.8. The Kier molecular flexibility index (Phi) is 7.79. The number of halogens is 5. The first-order valence-electron chi connectivity index (χ1n) is 8.05. The third-order valence-electron chi connectivity index (χ3n) is 3.75. The highest BCUT2D eigenvalue weighted by molar-refractivity contribution is 7.98. The van der Waals surface area contributed by atoms with Crippen molar-refractivity contribution >= 4 is 47.0 Å². The van der Waals surface area contributed by atoms with E-state index in [0.717, 1.165) is 11.6 Å². The molecule has 0 aliphatic carbocycles. The van der Waals surface area contributed by atoms with E-state index in [9.17, 15) is 22.8 Å². The van der Waals surface area contributed by atoms with Gasteiger partial charge in [0.15, 0.2) is 0 Å². The van der Waals surface area contributed by atoms with Crippen molar-refractivity contribution in [1.82, 2.24) is 9.78 Å². The summed E-state index contributed by atoms with van der Waals surface area (Å²) in [5, 5.41) is 3.57. The highest BCUT2D eigenvalue weighted by Crippen LogP contribution is 2.30. The van der Waals surface area contributed by atoms with Crippen molar-refractivity contribution < 1.29 is 22.7 Å². The van der Waals surface area contributed by atoms with E-state index in [1.165, 1.54) is 36.0 Å². The molecular formula is C18H15Cl2F3N2O3S. The van der Waals surface area contributed by atoms with Crippen LogP contribution in [0.4, 0.5) is 13.2 Å². The van der Waals surface area contributed by atoms with Crippen LogP contribution in [-0.2, 0) is 15.7 Å². The average Bonchev–Trinajstić information content (AvgIpc) is 2.64. The van der Waals surface area contributed by atoms with Gasteiger partial charge in [-0.25, -0.2) is 4.79 Å². The summed E-state index contributed by atoms with van der Waals surface area (Å²) in [6.45, 7) is 1.25. The smallest absolute Gasteiger partial charge is 0.418 e. The van der Waals surface area contributed by atoms with Crippen LogP contribution in [0.3, 0.4) is 0 Å². The Bertz CT molecular complexity index is 1010. The Morgan fingerprint density at radius 3 is 2.69 bits per heavy atom. The first-order chi connectivity index (χ1) is 13.6. The molecule has 1 heterocycles. The monoisotopic (exact) mass is 466 g/mol. The second-order valence-electron chi connectivity index (χ2n) is 5.72. The molecule has 0 N–H and O–H groups in total. The van der Waals surface area contributed by atoms with Crippen molar-refractivity contribution in [3.8, 4) is 5.69 Å². The third-order valence-corrected chi connectivity index (χ3v) is 4.93. The first kappa shape index (κ1) is 23.3. The SMILES string of the molecule is CSCCOC(=O)/C(Cl)=C/c1cc(-n2ncc(C(F)(F)F)c(C)c2=O)ccc1Cl. The molecule has 1 aromatic heterocycles. The molecule has 0 radical (unpaired) electrons. The van der Waals surface area contributed by atoms with E-state index in [1.807, 2.05) is 6.26 Å². The molecule has 11 heteroatoms. The number of hydrogen-bond acceptors (Lipinski definition) is 5. The van der Waals surface area contributed by atoms with Crippen molar-refractivity contribution in [1.29, 1.82) is 0 Å². The van der Waals surface area contributed by atoms with E-state index in [-0.39, 0.29) is 27.9 Å². The fraction of sp³-hybridized carbons (Fsp3) is 0.278. The molecule has 0 aliphatic heterocycles. The average molecular weight is 467 g/mol. The van der Waals surface area contributed by atoms with Gasteiger partial charge in [0.05, 0.1) is 17.4 Å². The lowest BCUT2D eigenvalue weighted by atomic mass is 10.1. The quantitative estimate of drug-likeness (QED) is 0.350. The highest BCUT2D eigenvalue weighted by atomic mass is 35.5. The topological polar surface area (TPSA) is 61.2 Å². The minimum Gasteiger partial charge on any atom is -0.461 e. The lowest BCUT2D eigenvalue weighted by Crippen LogP contribution is -2.27. The molecule has 1 aromatic carbocycles. The van der Waals surface area contributed by atoms with E-state index >= 15 is 0 Å². The number of rotatable bonds is 6. The number of carbonyl (C=O) groups excluding carboxylic acids is 1. The number of esters is 1.